The largest absolute Gasteiger partial charge is 0.445 e. The van der Waals surface area contributed by atoms with Gasteiger partial charge in [-0.15, -0.1) is 11.3 Å². The van der Waals surface area contributed by atoms with Gasteiger partial charge < -0.3 is 4.42 Å². The van der Waals surface area contributed by atoms with E-state index in [2.05, 4.69) is 78.2 Å². The first-order chi connectivity index (χ1) is 11.9. The molecule has 0 amide bonds. The molecule has 5 rings (SSSR count). The van der Waals surface area contributed by atoms with E-state index in [0.29, 0.717) is 0 Å². The van der Waals surface area contributed by atoms with E-state index >= 15 is 0 Å². The Balaban J connectivity index is 1.66. The Morgan fingerprint density at radius 3 is 2.21 bits per heavy atom. The molecule has 0 bridgehead atoms. The summed E-state index contributed by atoms with van der Waals surface area (Å²) in [6.45, 7) is 0. The van der Waals surface area contributed by atoms with E-state index in [0.717, 1.165) is 10.5 Å². The minimum Gasteiger partial charge on any atom is -0.445 e. The molecule has 0 atom stereocenters. The summed E-state index contributed by atoms with van der Waals surface area (Å²) in [5.74, 6) is 0. The molecular weight excluding hydrogens is 312 g/mol. The van der Waals surface area contributed by atoms with Gasteiger partial charge in [0.15, 0.2) is 4.90 Å². The van der Waals surface area contributed by atoms with Crippen molar-refractivity contribution < 1.29 is 4.42 Å². The summed E-state index contributed by atoms with van der Waals surface area (Å²) in [6, 6.07) is 27.8. The van der Waals surface area contributed by atoms with Crippen molar-refractivity contribution in [2.45, 2.75) is 0 Å². The highest BCUT2D eigenvalue weighted by Crippen LogP contribution is 2.35. The van der Waals surface area contributed by atoms with Crippen molar-refractivity contribution in [3.05, 3.63) is 84.2 Å². The zero-order valence-corrected chi connectivity index (χ0v) is 13.7. The van der Waals surface area contributed by atoms with Crippen LogP contribution in [0.3, 0.4) is 0 Å². The molecule has 0 saturated heterocycles. The van der Waals surface area contributed by atoms with E-state index in [1.807, 2.05) is 6.07 Å². The number of benzene rings is 3. The fourth-order valence-corrected chi connectivity index (χ4v) is 3.96. The van der Waals surface area contributed by atoms with Crippen LogP contribution in [0.25, 0.3) is 43.5 Å². The Kier molecular flexibility index (Phi) is 3.03. The van der Waals surface area contributed by atoms with Gasteiger partial charge in [-0.2, -0.15) is 0 Å². The van der Waals surface area contributed by atoms with E-state index in [9.17, 15) is 0 Å². The van der Waals surface area contributed by atoms with Gasteiger partial charge >= 0.3 is 0 Å². The average molecular weight is 326 g/mol. The smallest absolute Gasteiger partial charge is 0.188 e. The Bertz CT molecular complexity index is 1150. The first kappa shape index (κ1) is 13.6. The molecule has 0 aliphatic heterocycles. The number of thiophene rings is 1. The van der Waals surface area contributed by atoms with Crippen molar-refractivity contribution in [1.82, 2.24) is 0 Å². The van der Waals surface area contributed by atoms with Crippen molar-refractivity contribution in [2.75, 3.05) is 0 Å². The van der Waals surface area contributed by atoms with E-state index in [1.165, 1.54) is 33.0 Å². The van der Waals surface area contributed by atoms with Gasteiger partial charge in [-0.25, -0.2) is 0 Å². The van der Waals surface area contributed by atoms with Crippen LogP contribution in [0.1, 0.15) is 0 Å². The van der Waals surface area contributed by atoms with Crippen molar-refractivity contribution in [1.29, 1.82) is 0 Å². The monoisotopic (exact) mass is 326 g/mol. The van der Waals surface area contributed by atoms with Crippen LogP contribution >= 0.6 is 11.3 Å². The number of rotatable bonds is 2. The van der Waals surface area contributed by atoms with Crippen molar-refractivity contribution in [2.24, 2.45) is 0 Å². The highest BCUT2D eigenvalue weighted by molar-refractivity contribution is 7.16. The maximum absolute atomic E-state index is 5.89. The molecule has 0 aliphatic rings. The Morgan fingerprint density at radius 1 is 0.583 bits per heavy atom. The van der Waals surface area contributed by atoms with Crippen molar-refractivity contribution in [3.63, 3.8) is 0 Å². The second-order valence-corrected chi connectivity index (χ2v) is 6.76. The maximum atomic E-state index is 5.89. The minimum absolute atomic E-state index is 0.958. The second kappa shape index (κ2) is 5.36. The Hall–Kier alpha value is -2.84. The van der Waals surface area contributed by atoms with Gasteiger partial charge in [0.05, 0.1) is 0 Å². The quantitative estimate of drug-likeness (QED) is 0.341. The van der Waals surface area contributed by atoms with Crippen LogP contribution in [0.4, 0.5) is 0 Å². The summed E-state index contributed by atoms with van der Waals surface area (Å²) < 4.78 is 5.89. The third-order valence-electron chi connectivity index (χ3n) is 4.41. The number of fused-ring (bicyclic) bond motifs is 3. The molecule has 0 fully saturated rings. The van der Waals surface area contributed by atoms with Crippen LogP contribution in [0, 0.1) is 0 Å². The van der Waals surface area contributed by atoms with Gasteiger partial charge in [-0.05, 0) is 51.9 Å². The topological polar surface area (TPSA) is 13.1 Å². The number of hydrogen-bond acceptors (Lipinski definition) is 2. The zero-order valence-electron chi connectivity index (χ0n) is 12.9. The molecule has 5 aromatic rings. The third-order valence-corrected chi connectivity index (χ3v) is 5.19. The summed E-state index contributed by atoms with van der Waals surface area (Å²) in [4.78, 5) is 1.00. The lowest BCUT2D eigenvalue weighted by Gasteiger charge is -2.06. The fraction of sp³-hybridized carbons (Fsp3) is 0. The lowest BCUT2D eigenvalue weighted by atomic mass is 9.98. The van der Waals surface area contributed by atoms with Gasteiger partial charge in [-0.1, -0.05) is 54.6 Å². The lowest BCUT2D eigenvalue weighted by Crippen LogP contribution is -1.81. The molecule has 0 saturated carbocycles. The maximum Gasteiger partial charge on any atom is 0.188 e. The van der Waals surface area contributed by atoms with Crippen LogP contribution in [-0.2, 0) is 0 Å². The van der Waals surface area contributed by atoms with Crippen LogP contribution in [0.5, 0.6) is 0 Å². The number of hydrogen-bond donors (Lipinski definition) is 0. The van der Waals surface area contributed by atoms with Crippen LogP contribution in [0.2, 0.25) is 0 Å². The zero-order chi connectivity index (χ0) is 15.9. The normalized spacial score (nSPS) is 11.3. The predicted octanol–water partition coefficient (Wildman–Crippen LogP) is 6.98. The van der Waals surface area contributed by atoms with E-state index in [4.69, 9.17) is 4.42 Å². The molecule has 2 aromatic heterocycles. The first-order valence-electron chi connectivity index (χ1n) is 7.94. The second-order valence-electron chi connectivity index (χ2n) is 5.88. The van der Waals surface area contributed by atoms with E-state index in [-0.39, 0.29) is 0 Å². The molecule has 0 spiro atoms. The van der Waals surface area contributed by atoms with Gasteiger partial charge in [0.1, 0.15) is 5.58 Å². The van der Waals surface area contributed by atoms with Gasteiger partial charge in [0, 0.05) is 10.8 Å². The van der Waals surface area contributed by atoms with Gasteiger partial charge in [0.25, 0.3) is 0 Å². The molecule has 1 nitrogen and oxygen atoms in total. The molecule has 0 aliphatic carbocycles. The highest BCUT2D eigenvalue weighted by atomic mass is 32.1. The molecule has 114 valence electrons. The molecule has 0 radical (unpaired) electrons. The standard InChI is InChI=1S/C22H14OS/c1-2-5-15(6-3-1)16-7-4-8-17(13-16)18-9-10-21-20(14-18)19-11-12-24-22(19)23-21/h1-14H. The highest BCUT2D eigenvalue weighted by Gasteiger charge is 2.09. The molecule has 0 N–H and O–H groups in total. The fourth-order valence-electron chi connectivity index (χ4n) is 3.19. The van der Waals surface area contributed by atoms with Crippen molar-refractivity contribution >= 4 is 32.6 Å². The molecule has 0 unspecified atom stereocenters. The van der Waals surface area contributed by atoms with Crippen LogP contribution < -0.4 is 0 Å². The first-order valence-corrected chi connectivity index (χ1v) is 8.82. The molecule has 2 heterocycles. The third kappa shape index (κ3) is 2.15. The van der Waals surface area contributed by atoms with Crippen molar-refractivity contribution in [3.8, 4) is 22.3 Å². The van der Waals surface area contributed by atoms with Gasteiger partial charge in [-0.3, -0.25) is 0 Å². The average Bonchev–Trinajstić information content (AvgIpc) is 3.23. The van der Waals surface area contributed by atoms with Crippen LogP contribution in [-0.4, -0.2) is 0 Å². The van der Waals surface area contributed by atoms with Gasteiger partial charge in [0.2, 0.25) is 0 Å². The Labute approximate surface area is 143 Å². The summed E-state index contributed by atoms with van der Waals surface area (Å²) in [5, 5.41) is 4.47. The Morgan fingerprint density at radius 2 is 1.33 bits per heavy atom. The minimum atomic E-state index is 0.958. The summed E-state index contributed by atoms with van der Waals surface area (Å²) in [7, 11) is 0. The molecule has 24 heavy (non-hydrogen) atoms. The summed E-state index contributed by atoms with van der Waals surface area (Å²) in [6.07, 6.45) is 0. The molecule has 3 aromatic carbocycles. The van der Waals surface area contributed by atoms with E-state index in [1.54, 1.807) is 11.3 Å². The summed E-state index contributed by atoms with van der Waals surface area (Å²) in [5.41, 5.74) is 5.88. The lowest BCUT2D eigenvalue weighted by molar-refractivity contribution is 0.678. The molecular formula is C22H14OS. The van der Waals surface area contributed by atoms with Crippen LogP contribution in [0.15, 0.2) is 88.7 Å². The molecule has 2 heteroatoms. The SMILES string of the molecule is c1ccc(-c2cccc(-c3ccc4oc5sccc5c4c3)c2)cc1. The number of furan rings is 1. The van der Waals surface area contributed by atoms with E-state index < -0.39 is 0 Å². The summed E-state index contributed by atoms with van der Waals surface area (Å²) >= 11 is 1.65. The predicted molar refractivity (Wildman–Crippen MR) is 102 cm³/mol.